The van der Waals surface area contributed by atoms with Crippen LogP contribution in [0.1, 0.15) is 5.56 Å². The second kappa shape index (κ2) is 4.82. The predicted molar refractivity (Wildman–Crippen MR) is 82.5 cm³/mol. The monoisotopic (exact) mass is 267 g/mol. The maximum absolute atomic E-state index is 5.37. The van der Waals surface area contributed by atoms with Gasteiger partial charge in [0.1, 0.15) is 0 Å². The van der Waals surface area contributed by atoms with Gasteiger partial charge in [0, 0.05) is 17.3 Å². The molecule has 0 fully saturated rings. The van der Waals surface area contributed by atoms with E-state index in [0.29, 0.717) is 5.11 Å². The molecule has 19 heavy (non-hydrogen) atoms. The topological polar surface area (TPSA) is 29.9 Å². The Hall–Kier alpha value is -2.20. The first-order valence-corrected chi connectivity index (χ1v) is 6.45. The van der Waals surface area contributed by atoms with Crippen LogP contribution in [0.5, 0.6) is 0 Å². The summed E-state index contributed by atoms with van der Waals surface area (Å²) in [6.07, 6.45) is 3.69. The average molecular weight is 267 g/mol. The number of thiocarbonyl (C=S) groups is 1. The molecule has 0 bridgehead atoms. The Morgan fingerprint density at radius 1 is 1.16 bits per heavy atom. The Labute approximate surface area is 116 Å². The minimum absolute atomic E-state index is 0.574. The zero-order valence-electron chi connectivity index (χ0n) is 10.5. The van der Waals surface area contributed by atoms with E-state index in [1.165, 1.54) is 5.39 Å². The van der Waals surface area contributed by atoms with Crippen molar-refractivity contribution in [3.63, 3.8) is 0 Å². The van der Waals surface area contributed by atoms with Crippen LogP contribution in [-0.2, 0) is 0 Å². The molecule has 0 amide bonds. The molecule has 0 aliphatic heterocycles. The number of fused-ring (bicyclic) bond motifs is 1. The summed E-state index contributed by atoms with van der Waals surface area (Å²) in [7, 11) is 0. The summed E-state index contributed by atoms with van der Waals surface area (Å²) in [5, 5.41) is 10.4. The molecule has 0 aliphatic rings. The first-order valence-electron chi connectivity index (χ1n) is 6.04. The van der Waals surface area contributed by atoms with Crippen LogP contribution in [0, 0.1) is 6.92 Å². The van der Waals surface area contributed by atoms with Gasteiger partial charge in [-0.25, -0.2) is 4.68 Å². The average Bonchev–Trinajstić information content (AvgIpc) is 2.86. The molecule has 0 aliphatic carbocycles. The molecule has 1 N–H and O–H groups in total. The number of hydrogen-bond donors (Lipinski definition) is 1. The van der Waals surface area contributed by atoms with Crippen molar-refractivity contribution in [2.24, 2.45) is 0 Å². The molecule has 0 unspecified atom stereocenters. The minimum atomic E-state index is 0.574. The molecule has 94 valence electrons. The highest BCUT2D eigenvalue weighted by molar-refractivity contribution is 7.80. The molecule has 3 nitrogen and oxygen atoms in total. The van der Waals surface area contributed by atoms with E-state index >= 15 is 0 Å². The van der Waals surface area contributed by atoms with E-state index in [0.717, 1.165) is 16.6 Å². The van der Waals surface area contributed by atoms with Crippen LogP contribution in [0.25, 0.3) is 10.8 Å². The minimum Gasteiger partial charge on any atom is -0.330 e. The number of aryl methyl sites for hydroxylation is 1. The number of benzene rings is 2. The summed E-state index contributed by atoms with van der Waals surface area (Å²) < 4.78 is 1.67. The summed E-state index contributed by atoms with van der Waals surface area (Å²) >= 11 is 5.37. The molecule has 1 aromatic heterocycles. The number of nitrogens with one attached hydrogen (secondary N) is 1. The van der Waals surface area contributed by atoms with E-state index in [1.54, 1.807) is 10.9 Å². The molecule has 3 aromatic rings. The summed E-state index contributed by atoms with van der Waals surface area (Å²) in [5.74, 6) is 0. The Morgan fingerprint density at radius 3 is 2.74 bits per heavy atom. The molecule has 2 aromatic carbocycles. The lowest BCUT2D eigenvalue weighted by atomic mass is 10.1. The highest BCUT2D eigenvalue weighted by atomic mass is 32.1. The van der Waals surface area contributed by atoms with Crippen LogP contribution in [-0.4, -0.2) is 14.9 Å². The van der Waals surface area contributed by atoms with Crippen LogP contribution in [0.2, 0.25) is 0 Å². The van der Waals surface area contributed by atoms with E-state index < -0.39 is 0 Å². The molecule has 0 radical (unpaired) electrons. The highest BCUT2D eigenvalue weighted by Gasteiger charge is 2.04. The normalized spacial score (nSPS) is 10.6. The zero-order chi connectivity index (χ0) is 13.2. The SMILES string of the molecule is Cc1cnn(C(=S)Nc2cccc3ccccc23)c1. The third-order valence-corrected chi connectivity index (χ3v) is 3.24. The van der Waals surface area contributed by atoms with Gasteiger partial charge >= 0.3 is 0 Å². The zero-order valence-corrected chi connectivity index (χ0v) is 11.3. The Balaban J connectivity index is 1.95. The van der Waals surface area contributed by atoms with Gasteiger partial charge in [-0.2, -0.15) is 5.10 Å². The molecule has 0 atom stereocenters. The van der Waals surface area contributed by atoms with Gasteiger partial charge in [-0.1, -0.05) is 36.4 Å². The van der Waals surface area contributed by atoms with Crippen LogP contribution in [0.4, 0.5) is 5.69 Å². The summed E-state index contributed by atoms with van der Waals surface area (Å²) in [5.41, 5.74) is 2.08. The van der Waals surface area contributed by atoms with Crippen LogP contribution >= 0.6 is 12.2 Å². The quantitative estimate of drug-likeness (QED) is 0.683. The third-order valence-electron chi connectivity index (χ3n) is 2.95. The van der Waals surface area contributed by atoms with Crippen molar-refractivity contribution < 1.29 is 0 Å². The fourth-order valence-corrected chi connectivity index (χ4v) is 2.24. The van der Waals surface area contributed by atoms with Gasteiger partial charge in [-0.05, 0) is 36.2 Å². The van der Waals surface area contributed by atoms with Crippen molar-refractivity contribution in [3.05, 3.63) is 60.4 Å². The van der Waals surface area contributed by atoms with E-state index in [1.807, 2.05) is 37.4 Å². The van der Waals surface area contributed by atoms with Gasteiger partial charge in [0.2, 0.25) is 0 Å². The second-order valence-corrected chi connectivity index (χ2v) is 4.81. The molecule has 3 rings (SSSR count). The lowest BCUT2D eigenvalue weighted by Gasteiger charge is -2.10. The van der Waals surface area contributed by atoms with Crippen LogP contribution < -0.4 is 5.32 Å². The van der Waals surface area contributed by atoms with Gasteiger partial charge in [-0.3, -0.25) is 0 Å². The van der Waals surface area contributed by atoms with Crippen molar-refractivity contribution in [1.29, 1.82) is 0 Å². The second-order valence-electron chi connectivity index (χ2n) is 4.42. The lowest BCUT2D eigenvalue weighted by Crippen LogP contribution is -2.19. The van der Waals surface area contributed by atoms with Crippen molar-refractivity contribution >= 4 is 33.8 Å². The van der Waals surface area contributed by atoms with Gasteiger partial charge in [0.25, 0.3) is 0 Å². The van der Waals surface area contributed by atoms with Gasteiger partial charge in [0.05, 0.1) is 6.20 Å². The van der Waals surface area contributed by atoms with Gasteiger partial charge in [0.15, 0.2) is 5.11 Å². The smallest absolute Gasteiger partial charge is 0.198 e. The van der Waals surface area contributed by atoms with Crippen molar-refractivity contribution in [2.45, 2.75) is 6.92 Å². The number of nitrogens with zero attached hydrogens (tertiary/aromatic N) is 2. The number of hydrogen-bond acceptors (Lipinski definition) is 2. The first-order chi connectivity index (χ1) is 9.24. The largest absolute Gasteiger partial charge is 0.330 e. The molecular weight excluding hydrogens is 254 g/mol. The fraction of sp³-hybridized carbons (Fsp3) is 0.0667. The highest BCUT2D eigenvalue weighted by Crippen LogP contribution is 2.23. The molecular formula is C15H13N3S. The molecule has 0 spiro atoms. The molecule has 0 saturated carbocycles. The van der Waals surface area contributed by atoms with Gasteiger partial charge in [-0.15, -0.1) is 0 Å². The Morgan fingerprint density at radius 2 is 1.95 bits per heavy atom. The maximum atomic E-state index is 5.37. The summed E-state index contributed by atoms with van der Waals surface area (Å²) in [4.78, 5) is 0. The van der Waals surface area contributed by atoms with E-state index in [2.05, 4.69) is 28.6 Å². The summed E-state index contributed by atoms with van der Waals surface area (Å²) in [6, 6.07) is 14.3. The lowest BCUT2D eigenvalue weighted by molar-refractivity contribution is 0.947. The summed E-state index contributed by atoms with van der Waals surface area (Å²) in [6.45, 7) is 1.99. The third kappa shape index (κ3) is 2.35. The fourth-order valence-electron chi connectivity index (χ4n) is 2.03. The van der Waals surface area contributed by atoms with E-state index in [9.17, 15) is 0 Å². The number of anilines is 1. The standard InChI is InChI=1S/C15H13N3S/c1-11-9-16-18(10-11)15(19)17-14-8-4-6-12-5-2-3-7-13(12)14/h2-10H,1H3,(H,17,19). The Kier molecular flexibility index (Phi) is 3.01. The van der Waals surface area contributed by atoms with Gasteiger partial charge < -0.3 is 5.32 Å². The number of aromatic nitrogens is 2. The van der Waals surface area contributed by atoms with E-state index in [-0.39, 0.29) is 0 Å². The van der Waals surface area contributed by atoms with Crippen LogP contribution in [0.3, 0.4) is 0 Å². The van der Waals surface area contributed by atoms with Crippen molar-refractivity contribution in [1.82, 2.24) is 9.78 Å². The van der Waals surface area contributed by atoms with Crippen molar-refractivity contribution in [3.8, 4) is 0 Å². The maximum Gasteiger partial charge on any atom is 0.198 e. The molecule has 4 heteroatoms. The van der Waals surface area contributed by atoms with E-state index in [4.69, 9.17) is 12.2 Å². The molecule has 1 heterocycles. The first kappa shape index (κ1) is 11.9. The molecule has 0 saturated heterocycles. The Bertz CT molecular complexity index is 740. The van der Waals surface area contributed by atoms with Crippen molar-refractivity contribution in [2.75, 3.05) is 5.32 Å². The van der Waals surface area contributed by atoms with Crippen LogP contribution in [0.15, 0.2) is 54.9 Å². The number of rotatable bonds is 1. The predicted octanol–water partition coefficient (Wildman–Crippen LogP) is 3.59.